The summed E-state index contributed by atoms with van der Waals surface area (Å²) in [4.78, 5) is 25.3. The second-order valence-electron chi connectivity index (χ2n) is 5.15. The minimum Gasteiger partial charge on any atom is -0.477 e. The van der Waals surface area contributed by atoms with Crippen LogP contribution in [0.5, 0.6) is 0 Å². The molecule has 0 radical (unpaired) electrons. The molecule has 1 aromatic heterocycles. The average Bonchev–Trinajstić information content (AvgIpc) is 2.47. The van der Waals surface area contributed by atoms with Gasteiger partial charge >= 0.3 is 5.97 Å². The molecule has 1 aliphatic rings. The molecule has 5 heteroatoms. The van der Waals surface area contributed by atoms with E-state index in [4.69, 9.17) is 9.52 Å². The first-order chi connectivity index (χ1) is 10.0. The van der Waals surface area contributed by atoms with E-state index < -0.39 is 5.97 Å². The second kappa shape index (κ2) is 4.77. The van der Waals surface area contributed by atoms with E-state index in [1.165, 1.54) is 11.0 Å². The molecular weight excluding hydrogens is 270 g/mol. The average molecular weight is 285 g/mol. The number of carboxylic acids is 1. The molecule has 0 spiro atoms. The molecule has 0 saturated carbocycles. The number of nitrogens with zero attached hydrogens (tertiary/aromatic N) is 1. The third kappa shape index (κ3) is 2.11. The van der Waals surface area contributed by atoms with E-state index in [2.05, 4.69) is 0 Å². The fourth-order valence-electron chi connectivity index (χ4n) is 2.57. The predicted molar refractivity (Wildman–Crippen MR) is 78.9 cm³/mol. The van der Waals surface area contributed by atoms with E-state index in [0.29, 0.717) is 22.3 Å². The maximum Gasteiger partial charge on any atom is 0.352 e. The van der Waals surface area contributed by atoms with Crippen molar-refractivity contribution in [1.82, 2.24) is 4.90 Å². The first-order valence-corrected chi connectivity index (χ1v) is 6.76. The van der Waals surface area contributed by atoms with Crippen LogP contribution in [0.3, 0.4) is 0 Å². The Morgan fingerprint density at radius 2 is 2.19 bits per heavy atom. The molecule has 2 heterocycles. The lowest BCUT2D eigenvalue weighted by Crippen LogP contribution is -2.29. The number of likely N-dealkylation sites (N-methyl/N-ethyl adjacent to an activating group) is 1. The Kier molecular flexibility index (Phi) is 3.05. The van der Waals surface area contributed by atoms with E-state index >= 15 is 0 Å². The summed E-state index contributed by atoms with van der Waals surface area (Å²) in [5.41, 5.74) is 2.09. The molecule has 5 nitrogen and oxygen atoms in total. The van der Waals surface area contributed by atoms with Gasteiger partial charge in [-0.15, -0.1) is 0 Å². The first kappa shape index (κ1) is 13.4. The molecule has 0 amide bonds. The predicted octanol–water partition coefficient (Wildman–Crippen LogP) is 2.23. The van der Waals surface area contributed by atoms with Crippen LogP contribution in [0.4, 0.5) is 0 Å². The summed E-state index contributed by atoms with van der Waals surface area (Å²) in [6, 6.07) is 5.52. The van der Waals surface area contributed by atoms with Crippen LogP contribution in [0.2, 0.25) is 0 Å². The molecular formula is C16H15NO4. The zero-order chi connectivity index (χ0) is 15.1. The molecule has 0 fully saturated rings. The number of carbonyl (C=O) groups is 1. The van der Waals surface area contributed by atoms with Gasteiger partial charge in [-0.05, 0) is 24.1 Å². The first-order valence-electron chi connectivity index (χ1n) is 6.76. The van der Waals surface area contributed by atoms with Gasteiger partial charge in [-0.3, -0.25) is 4.79 Å². The van der Waals surface area contributed by atoms with Crippen molar-refractivity contribution >= 4 is 23.0 Å². The smallest absolute Gasteiger partial charge is 0.352 e. The number of hydrogen-bond acceptors (Lipinski definition) is 4. The Labute approximate surface area is 121 Å². The maximum absolute atomic E-state index is 12.6. The summed E-state index contributed by atoms with van der Waals surface area (Å²) >= 11 is 0. The van der Waals surface area contributed by atoms with Crippen molar-refractivity contribution in [2.24, 2.45) is 0 Å². The third-order valence-corrected chi connectivity index (χ3v) is 3.78. The highest BCUT2D eigenvalue weighted by molar-refractivity contribution is 5.92. The number of hydrogen-bond donors (Lipinski definition) is 1. The van der Waals surface area contributed by atoms with Crippen LogP contribution in [-0.4, -0.2) is 23.0 Å². The van der Waals surface area contributed by atoms with Crippen LogP contribution < -0.4 is 5.43 Å². The van der Waals surface area contributed by atoms with Gasteiger partial charge in [-0.1, -0.05) is 13.0 Å². The Bertz CT molecular complexity index is 832. The van der Waals surface area contributed by atoms with Crippen LogP contribution in [0.15, 0.2) is 33.1 Å². The molecule has 0 aliphatic carbocycles. The molecule has 0 atom stereocenters. The van der Waals surface area contributed by atoms with Gasteiger partial charge in [0, 0.05) is 13.1 Å². The molecule has 0 bridgehead atoms. The minimum absolute atomic E-state index is 0.0888. The Morgan fingerprint density at radius 1 is 1.43 bits per heavy atom. The molecule has 1 aromatic carbocycles. The highest BCUT2D eigenvalue weighted by Crippen LogP contribution is 2.25. The zero-order valence-corrected chi connectivity index (χ0v) is 11.8. The fraction of sp³-hybridized carbons (Fsp3) is 0.250. The molecule has 21 heavy (non-hydrogen) atoms. The quantitative estimate of drug-likeness (QED) is 0.916. The zero-order valence-electron chi connectivity index (χ0n) is 11.8. The van der Waals surface area contributed by atoms with Gasteiger partial charge in [0.2, 0.25) is 0 Å². The van der Waals surface area contributed by atoms with Gasteiger partial charge < -0.3 is 14.4 Å². The Hall–Kier alpha value is -2.56. The van der Waals surface area contributed by atoms with E-state index in [9.17, 15) is 9.59 Å². The Morgan fingerprint density at radius 3 is 2.86 bits per heavy atom. The van der Waals surface area contributed by atoms with Crippen LogP contribution in [-0.2, 0) is 17.8 Å². The SMILES string of the molecule is CCc1ccc2oc3c(c(=O)c2c1)CN(C)C(C(=O)O)=C3. The van der Waals surface area contributed by atoms with Crippen molar-refractivity contribution in [3.05, 3.63) is 51.0 Å². The molecule has 3 rings (SSSR count). The summed E-state index contributed by atoms with van der Waals surface area (Å²) < 4.78 is 5.73. The van der Waals surface area contributed by atoms with Crippen molar-refractivity contribution in [2.75, 3.05) is 7.05 Å². The van der Waals surface area contributed by atoms with Gasteiger partial charge in [0.25, 0.3) is 0 Å². The molecule has 1 N–H and O–H groups in total. The number of fused-ring (bicyclic) bond motifs is 2. The van der Waals surface area contributed by atoms with Crippen LogP contribution in [0, 0.1) is 0 Å². The lowest BCUT2D eigenvalue weighted by Gasteiger charge is -2.24. The van der Waals surface area contributed by atoms with Crippen LogP contribution in [0.25, 0.3) is 17.0 Å². The summed E-state index contributed by atoms with van der Waals surface area (Å²) in [5, 5.41) is 9.71. The third-order valence-electron chi connectivity index (χ3n) is 3.78. The molecule has 108 valence electrons. The lowest BCUT2D eigenvalue weighted by molar-refractivity contribution is -0.134. The van der Waals surface area contributed by atoms with Gasteiger partial charge in [0.15, 0.2) is 5.43 Å². The number of aryl methyl sites for hydroxylation is 1. The van der Waals surface area contributed by atoms with Gasteiger partial charge in [0.1, 0.15) is 17.0 Å². The van der Waals surface area contributed by atoms with Crippen molar-refractivity contribution in [3.63, 3.8) is 0 Å². The van der Waals surface area contributed by atoms with E-state index in [0.717, 1.165) is 12.0 Å². The summed E-state index contributed by atoms with van der Waals surface area (Å²) in [5.74, 6) is -0.695. The summed E-state index contributed by atoms with van der Waals surface area (Å²) in [6.45, 7) is 2.26. The summed E-state index contributed by atoms with van der Waals surface area (Å²) in [7, 11) is 1.65. The molecule has 2 aromatic rings. The number of benzene rings is 1. The van der Waals surface area contributed by atoms with E-state index in [1.807, 2.05) is 19.1 Å². The number of aliphatic carboxylic acids is 1. The van der Waals surface area contributed by atoms with Crippen molar-refractivity contribution in [3.8, 4) is 0 Å². The lowest BCUT2D eigenvalue weighted by atomic mass is 10.0. The topological polar surface area (TPSA) is 70.8 Å². The van der Waals surface area contributed by atoms with Gasteiger partial charge in [-0.2, -0.15) is 0 Å². The number of rotatable bonds is 2. The standard InChI is InChI=1S/C16H15NO4/c1-3-9-4-5-13-10(6-9)15(18)11-8-17(2)12(16(19)20)7-14(11)21-13/h4-7H,3,8H2,1-2H3,(H,19,20). The fourth-order valence-corrected chi connectivity index (χ4v) is 2.57. The van der Waals surface area contributed by atoms with Crippen LogP contribution >= 0.6 is 0 Å². The van der Waals surface area contributed by atoms with Crippen LogP contribution in [0.1, 0.15) is 23.8 Å². The van der Waals surface area contributed by atoms with Crippen molar-refractivity contribution in [1.29, 1.82) is 0 Å². The largest absolute Gasteiger partial charge is 0.477 e. The Balaban J connectivity index is 2.29. The van der Waals surface area contributed by atoms with E-state index in [-0.39, 0.29) is 17.7 Å². The number of carboxylic acid groups (broad SMARTS) is 1. The second-order valence-corrected chi connectivity index (χ2v) is 5.15. The highest BCUT2D eigenvalue weighted by atomic mass is 16.4. The normalized spacial score (nSPS) is 14.0. The maximum atomic E-state index is 12.6. The van der Waals surface area contributed by atoms with Crippen molar-refractivity contribution < 1.29 is 14.3 Å². The molecule has 0 unspecified atom stereocenters. The molecule has 0 saturated heterocycles. The van der Waals surface area contributed by atoms with Crippen molar-refractivity contribution in [2.45, 2.75) is 19.9 Å². The minimum atomic E-state index is -1.03. The monoisotopic (exact) mass is 285 g/mol. The van der Waals surface area contributed by atoms with E-state index in [1.54, 1.807) is 13.1 Å². The summed E-state index contributed by atoms with van der Waals surface area (Å²) in [6.07, 6.45) is 2.26. The van der Waals surface area contributed by atoms with Gasteiger partial charge in [-0.25, -0.2) is 4.79 Å². The molecule has 1 aliphatic heterocycles. The highest BCUT2D eigenvalue weighted by Gasteiger charge is 2.24. The van der Waals surface area contributed by atoms with Gasteiger partial charge in [0.05, 0.1) is 17.5 Å².